The van der Waals surface area contributed by atoms with Gasteiger partial charge in [-0.2, -0.15) is 22.0 Å². The maximum Gasteiger partial charge on any atom is 0.458 e. The van der Waals surface area contributed by atoms with E-state index in [1.165, 1.54) is 13.8 Å². The van der Waals surface area contributed by atoms with Crippen LogP contribution in [0.1, 0.15) is 30.9 Å². The molecule has 1 aliphatic heterocycles. The number of alkyl halides is 5. The van der Waals surface area contributed by atoms with Crippen LogP contribution in [-0.2, 0) is 15.5 Å². The lowest BCUT2D eigenvalue weighted by Gasteiger charge is -2.36. The highest BCUT2D eigenvalue weighted by molar-refractivity contribution is 6.15. The predicted octanol–water partition coefficient (Wildman–Crippen LogP) is 4.80. The lowest BCUT2D eigenvalue weighted by Crippen LogP contribution is -2.48. The molecule has 0 fully saturated rings. The molecule has 4 nitrogen and oxygen atoms in total. The highest BCUT2D eigenvalue weighted by atomic mass is 19.4. The normalized spacial score (nSPS) is 18.6. The molecule has 9 heteroatoms. The highest BCUT2D eigenvalue weighted by Gasteiger charge is 2.59. The van der Waals surface area contributed by atoms with Crippen LogP contribution in [0.4, 0.5) is 27.6 Å². The fraction of sp³-hybridized carbons (Fsp3) is 0.300. The molecule has 0 saturated heterocycles. The number of hydrogen-bond donors (Lipinski definition) is 1. The van der Waals surface area contributed by atoms with E-state index in [1.807, 2.05) is 0 Å². The fourth-order valence-corrected chi connectivity index (χ4v) is 3.04. The van der Waals surface area contributed by atoms with E-state index in [0.717, 1.165) is 6.07 Å². The second-order valence-electron chi connectivity index (χ2n) is 7.09. The zero-order chi connectivity index (χ0) is 21.6. The summed E-state index contributed by atoms with van der Waals surface area (Å²) in [6.45, 7) is 2.78. The zero-order valence-electron chi connectivity index (χ0n) is 15.3. The number of halogens is 5. The topological polar surface area (TPSA) is 55.4 Å². The van der Waals surface area contributed by atoms with Gasteiger partial charge in [0.2, 0.25) is 5.91 Å². The molecule has 0 aromatic heterocycles. The van der Waals surface area contributed by atoms with Crippen molar-refractivity contribution in [3.05, 3.63) is 59.7 Å². The quantitative estimate of drug-likeness (QED) is 0.581. The van der Waals surface area contributed by atoms with Crippen LogP contribution in [0.2, 0.25) is 0 Å². The second kappa shape index (κ2) is 6.82. The van der Waals surface area contributed by atoms with Crippen LogP contribution in [0.25, 0.3) is 0 Å². The van der Waals surface area contributed by atoms with Gasteiger partial charge in [0.1, 0.15) is 11.7 Å². The van der Waals surface area contributed by atoms with Gasteiger partial charge in [0.25, 0.3) is 0 Å². The van der Waals surface area contributed by atoms with Gasteiger partial charge in [-0.25, -0.2) is 0 Å². The summed E-state index contributed by atoms with van der Waals surface area (Å²) in [5.74, 6) is -8.49. The van der Waals surface area contributed by atoms with E-state index in [2.05, 4.69) is 5.32 Å². The lowest BCUT2D eigenvalue weighted by atomic mass is 9.81. The van der Waals surface area contributed by atoms with Crippen LogP contribution < -0.4 is 10.1 Å². The van der Waals surface area contributed by atoms with Gasteiger partial charge in [-0.1, -0.05) is 18.2 Å². The summed E-state index contributed by atoms with van der Waals surface area (Å²) in [6.07, 6.45) is -5.83. The third-order valence-corrected chi connectivity index (χ3v) is 4.56. The SMILES string of the molecule is CC1(C)Oc2ccc(C(F)(F)C(F)(F)F)cc2C(C(=O)Nc2ccccc2)C1=O. The molecule has 0 bridgehead atoms. The maximum absolute atomic E-state index is 13.8. The van der Waals surface area contributed by atoms with Crippen LogP contribution in [0.5, 0.6) is 5.75 Å². The molecule has 1 heterocycles. The van der Waals surface area contributed by atoms with Crippen molar-refractivity contribution in [1.82, 2.24) is 0 Å². The first kappa shape index (κ1) is 20.8. The Bertz CT molecular complexity index is 954. The number of para-hydroxylation sites is 1. The first-order valence-electron chi connectivity index (χ1n) is 8.53. The highest BCUT2D eigenvalue weighted by Crippen LogP contribution is 2.47. The molecule has 1 atom stereocenters. The number of anilines is 1. The number of Topliss-reactive ketones (excluding diaryl/α,β-unsaturated/α-hetero) is 1. The van der Waals surface area contributed by atoms with Crippen LogP contribution in [-0.4, -0.2) is 23.5 Å². The number of carbonyl (C=O) groups is 2. The minimum atomic E-state index is -5.83. The Kier molecular flexibility index (Phi) is 4.88. The number of hydrogen-bond acceptors (Lipinski definition) is 3. The Hall–Kier alpha value is -2.97. The van der Waals surface area contributed by atoms with E-state index in [-0.39, 0.29) is 11.3 Å². The molecule has 1 amide bonds. The van der Waals surface area contributed by atoms with Crippen LogP contribution >= 0.6 is 0 Å². The summed E-state index contributed by atoms with van der Waals surface area (Å²) in [6, 6.07) is 10.0. The molecule has 2 aromatic rings. The monoisotopic (exact) mass is 413 g/mol. The Labute approximate surface area is 162 Å². The minimum absolute atomic E-state index is 0.107. The standard InChI is InChI=1S/C20H16F5NO3/c1-18(2)16(27)15(17(28)26-12-6-4-3-5-7-12)13-10-11(8-9-14(13)29-18)19(21,22)20(23,24)25/h3-10,15H,1-2H3,(H,26,28). The predicted molar refractivity (Wildman–Crippen MR) is 93.9 cm³/mol. The number of carbonyl (C=O) groups excluding carboxylic acids is 2. The Balaban J connectivity index is 2.08. The maximum atomic E-state index is 13.8. The summed E-state index contributed by atoms with van der Waals surface area (Å²) in [5.41, 5.74) is -2.85. The van der Waals surface area contributed by atoms with Crippen LogP contribution in [0.15, 0.2) is 48.5 Å². The van der Waals surface area contributed by atoms with Crippen molar-refractivity contribution >= 4 is 17.4 Å². The van der Waals surface area contributed by atoms with E-state index in [0.29, 0.717) is 17.8 Å². The van der Waals surface area contributed by atoms with Gasteiger partial charge in [-0.05, 0) is 44.2 Å². The van der Waals surface area contributed by atoms with Crippen molar-refractivity contribution in [3.63, 3.8) is 0 Å². The number of fused-ring (bicyclic) bond motifs is 1. The van der Waals surface area contributed by atoms with Gasteiger partial charge in [-0.3, -0.25) is 9.59 Å². The molecule has 0 spiro atoms. The number of benzene rings is 2. The lowest BCUT2D eigenvalue weighted by molar-refractivity contribution is -0.289. The molecule has 1 N–H and O–H groups in total. The van der Waals surface area contributed by atoms with Gasteiger partial charge in [0, 0.05) is 16.8 Å². The summed E-state index contributed by atoms with van der Waals surface area (Å²) in [5, 5.41) is 2.48. The number of nitrogens with one attached hydrogen (secondary N) is 1. The molecule has 1 unspecified atom stereocenters. The molecule has 0 radical (unpaired) electrons. The van der Waals surface area contributed by atoms with Gasteiger partial charge >= 0.3 is 12.1 Å². The number of rotatable bonds is 3. The van der Waals surface area contributed by atoms with E-state index in [1.54, 1.807) is 30.3 Å². The Morgan fingerprint density at radius 3 is 2.24 bits per heavy atom. The van der Waals surface area contributed by atoms with E-state index >= 15 is 0 Å². The number of ether oxygens (including phenoxy) is 1. The van der Waals surface area contributed by atoms with Crippen molar-refractivity contribution in [2.24, 2.45) is 0 Å². The summed E-state index contributed by atoms with van der Waals surface area (Å²) < 4.78 is 71.4. The molecular formula is C20H16F5NO3. The Morgan fingerprint density at radius 2 is 1.66 bits per heavy atom. The van der Waals surface area contributed by atoms with Crippen molar-refractivity contribution in [2.45, 2.75) is 37.5 Å². The van der Waals surface area contributed by atoms with Crippen molar-refractivity contribution in [2.75, 3.05) is 5.32 Å². The van der Waals surface area contributed by atoms with Gasteiger partial charge < -0.3 is 10.1 Å². The Morgan fingerprint density at radius 1 is 1.03 bits per heavy atom. The average Bonchev–Trinajstić information content (AvgIpc) is 2.62. The van der Waals surface area contributed by atoms with Crippen LogP contribution in [0, 0.1) is 0 Å². The molecule has 154 valence electrons. The average molecular weight is 413 g/mol. The van der Waals surface area contributed by atoms with Gasteiger partial charge in [0.05, 0.1) is 0 Å². The van der Waals surface area contributed by atoms with E-state index in [4.69, 9.17) is 4.74 Å². The smallest absolute Gasteiger partial charge is 0.458 e. The summed E-state index contributed by atoms with van der Waals surface area (Å²) >= 11 is 0. The van der Waals surface area contributed by atoms with Crippen LogP contribution in [0.3, 0.4) is 0 Å². The van der Waals surface area contributed by atoms with E-state index in [9.17, 15) is 31.5 Å². The summed E-state index contributed by atoms with van der Waals surface area (Å²) in [4.78, 5) is 25.6. The van der Waals surface area contributed by atoms with Crippen molar-refractivity contribution in [1.29, 1.82) is 0 Å². The molecule has 2 aromatic carbocycles. The van der Waals surface area contributed by atoms with Crippen molar-refractivity contribution < 1.29 is 36.3 Å². The molecule has 0 aliphatic carbocycles. The first-order chi connectivity index (χ1) is 13.3. The largest absolute Gasteiger partial charge is 0.480 e. The van der Waals surface area contributed by atoms with Crippen molar-refractivity contribution in [3.8, 4) is 5.75 Å². The summed E-state index contributed by atoms with van der Waals surface area (Å²) in [7, 11) is 0. The number of ketones is 1. The molecule has 3 rings (SSSR count). The number of amides is 1. The molecule has 1 aliphatic rings. The van der Waals surface area contributed by atoms with Gasteiger partial charge in [-0.15, -0.1) is 0 Å². The fourth-order valence-electron chi connectivity index (χ4n) is 3.04. The first-order valence-corrected chi connectivity index (χ1v) is 8.53. The zero-order valence-corrected chi connectivity index (χ0v) is 15.3. The third-order valence-electron chi connectivity index (χ3n) is 4.56. The second-order valence-corrected chi connectivity index (χ2v) is 7.09. The van der Waals surface area contributed by atoms with Gasteiger partial charge in [0.15, 0.2) is 11.4 Å². The minimum Gasteiger partial charge on any atom is -0.480 e. The third kappa shape index (κ3) is 3.68. The molecule has 29 heavy (non-hydrogen) atoms. The molecule has 0 saturated carbocycles. The molecular weight excluding hydrogens is 397 g/mol. The van der Waals surface area contributed by atoms with E-state index < -0.39 is 40.9 Å².